The normalized spacial score (nSPS) is 11.9. The zero-order valence-corrected chi connectivity index (χ0v) is 13.1. The third-order valence-corrected chi connectivity index (χ3v) is 3.53. The number of amides is 1. The maximum atomic E-state index is 10.5. The first kappa shape index (κ1) is 16.8. The van der Waals surface area contributed by atoms with Gasteiger partial charge < -0.3 is 20.9 Å². The van der Waals surface area contributed by atoms with Crippen molar-refractivity contribution < 1.29 is 14.3 Å². The van der Waals surface area contributed by atoms with E-state index in [-0.39, 0.29) is 6.04 Å². The van der Waals surface area contributed by atoms with Gasteiger partial charge >= 0.3 is 6.09 Å². The molecule has 0 saturated carbocycles. The fourth-order valence-corrected chi connectivity index (χ4v) is 2.32. The number of H-pyrrole nitrogens is 1. The van der Waals surface area contributed by atoms with Crippen LogP contribution < -0.4 is 16.2 Å². The van der Waals surface area contributed by atoms with Crippen LogP contribution in [-0.2, 0) is 4.74 Å². The third-order valence-electron chi connectivity index (χ3n) is 3.53. The number of carbonyl (C=O) groups is 1. The number of hydrogen-bond donors (Lipinski definition) is 3. The van der Waals surface area contributed by atoms with E-state index in [0.29, 0.717) is 6.61 Å². The van der Waals surface area contributed by atoms with Gasteiger partial charge in [0.15, 0.2) is 0 Å². The molecule has 1 atom stereocenters. The fraction of sp³-hybridized carbons (Fsp3) is 0.375. The largest absolute Gasteiger partial charge is 0.496 e. The Kier molecular flexibility index (Phi) is 5.99. The molecule has 0 unspecified atom stereocenters. The molecular formula is C16H22N4O3. The molecule has 0 saturated heterocycles. The molecule has 1 amide bonds. The number of aromatic amines is 1. The van der Waals surface area contributed by atoms with Gasteiger partial charge in [0.25, 0.3) is 0 Å². The van der Waals surface area contributed by atoms with Crippen molar-refractivity contribution in [2.45, 2.75) is 25.3 Å². The van der Waals surface area contributed by atoms with Crippen LogP contribution in [0.1, 0.15) is 31.0 Å². The molecule has 2 aromatic rings. The molecule has 23 heavy (non-hydrogen) atoms. The first-order chi connectivity index (χ1) is 11.1. The van der Waals surface area contributed by atoms with Crippen LogP contribution in [0.15, 0.2) is 30.3 Å². The van der Waals surface area contributed by atoms with Gasteiger partial charge in [-0.05, 0) is 37.5 Å². The van der Waals surface area contributed by atoms with Gasteiger partial charge in [-0.3, -0.25) is 5.10 Å². The summed E-state index contributed by atoms with van der Waals surface area (Å²) in [7, 11) is 1.63. The molecule has 2 rings (SSSR count). The number of aromatic nitrogens is 2. The zero-order valence-electron chi connectivity index (χ0n) is 13.1. The van der Waals surface area contributed by atoms with Gasteiger partial charge in [-0.25, -0.2) is 4.79 Å². The number of methoxy groups -OCH3 is 1. The van der Waals surface area contributed by atoms with Crippen molar-refractivity contribution in [3.63, 3.8) is 0 Å². The Morgan fingerprint density at radius 2 is 2.13 bits per heavy atom. The summed E-state index contributed by atoms with van der Waals surface area (Å²) in [5.41, 5.74) is 13.6. The van der Waals surface area contributed by atoms with E-state index in [1.165, 1.54) is 0 Å². The first-order valence-electron chi connectivity index (χ1n) is 7.48. The van der Waals surface area contributed by atoms with Crippen molar-refractivity contribution in [2.24, 2.45) is 11.5 Å². The number of nitrogens with one attached hydrogen (secondary N) is 1. The number of ether oxygens (including phenoxy) is 2. The minimum absolute atomic E-state index is 0.153. The number of hydrogen-bond acceptors (Lipinski definition) is 5. The third kappa shape index (κ3) is 4.72. The maximum Gasteiger partial charge on any atom is 0.404 e. The summed E-state index contributed by atoms with van der Waals surface area (Å²) in [4.78, 5) is 10.5. The Labute approximate surface area is 135 Å². The highest BCUT2D eigenvalue weighted by molar-refractivity contribution is 5.67. The molecule has 0 bridgehead atoms. The van der Waals surface area contributed by atoms with Gasteiger partial charge in [-0.15, -0.1) is 0 Å². The summed E-state index contributed by atoms with van der Waals surface area (Å²) >= 11 is 0. The van der Waals surface area contributed by atoms with Crippen molar-refractivity contribution in [1.29, 1.82) is 0 Å². The van der Waals surface area contributed by atoms with Gasteiger partial charge in [0.1, 0.15) is 5.75 Å². The fourth-order valence-electron chi connectivity index (χ4n) is 2.32. The molecule has 1 aromatic carbocycles. The lowest BCUT2D eigenvalue weighted by Gasteiger charge is -2.08. The van der Waals surface area contributed by atoms with E-state index in [4.69, 9.17) is 16.2 Å². The van der Waals surface area contributed by atoms with E-state index < -0.39 is 6.09 Å². The number of para-hydroxylation sites is 1. The molecule has 1 heterocycles. The van der Waals surface area contributed by atoms with Gasteiger partial charge in [0, 0.05) is 11.6 Å². The van der Waals surface area contributed by atoms with Crippen molar-refractivity contribution in [3.05, 3.63) is 36.0 Å². The van der Waals surface area contributed by atoms with E-state index in [9.17, 15) is 4.79 Å². The molecule has 0 radical (unpaired) electrons. The summed E-state index contributed by atoms with van der Waals surface area (Å²) < 4.78 is 10.0. The predicted molar refractivity (Wildman–Crippen MR) is 86.9 cm³/mol. The Morgan fingerprint density at radius 1 is 1.35 bits per heavy atom. The molecular weight excluding hydrogens is 296 g/mol. The summed E-state index contributed by atoms with van der Waals surface area (Å²) in [5, 5.41) is 7.29. The molecule has 0 aliphatic carbocycles. The lowest BCUT2D eigenvalue weighted by atomic mass is 10.1. The van der Waals surface area contributed by atoms with Gasteiger partial charge in [-0.2, -0.15) is 5.10 Å². The maximum absolute atomic E-state index is 10.5. The van der Waals surface area contributed by atoms with Crippen LogP contribution in [0.25, 0.3) is 11.3 Å². The molecule has 124 valence electrons. The highest BCUT2D eigenvalue weighted by Crippen LogP contribution is 2.29. The number of primary amides is 1. The Balaban J connectivity index is 1.92. The van der Waals surface area contributed by atoms with E-state index in [0.717, 1.165) is 42.0 Å². The van der Waals surface area contributed by atoms with Crippen LogP contribution in [0.5, 0.6) is 5.75 Å². The van der Waals surface area contributed by atoms with Crippen molar-refractivity contribution in [1.82, 2.24) is 10.2 Å². The summed E-state index contributed by atoms with van der Waals surface area (Å²) in [6, 6.07) is 9.47. The van der Waals surface area contributed by atoms with Crippen LogP contribution in [0, 0.1) is 0 Å². The smallest absolute Gasteiger partial charge is 0.404 e. The minimum atomic E-state index is -0.746. The van der Waals surface area contributed by atoms with Crippen LogP contribution in [0.2, 0.25) is 0 Å². The second-order valence-corrected chi connectivity index (χ2v) is 5.18. The van der Waals surface area contributed by atoms with Crippen molar-refractivity contribution >= 4 is 6.09 Å². The highest BCUT2D eigenvalue weighted by Gasteiger charge is 2.13. The van der Waals surface area contributed by atoms with Gasteiger partial charge in [-0.1, -0.05) is 12.1 Å². The number of nitrogens with two attached hydrogens (primary N) is 2. The standard InChI is InChI=1S/C16H22N4O3/c1-22-15-8-3-2-6-11(15)13-10-14(20-19-13)12(17)7-4-5-9-23-16(18)21/h2-3,6,8,10,12H,4-5,7,9,17H2,1H3,(H2,18,21)(H,19,20)/t12-/m1/s1. The average Bonchev–Trinajstić information content (AvgIpc) is 3.04. The summed E-state index contributed by atoms with van der Waals surface area (Å²) in [5.74, 6) is 0.766. The van der Waals surface area contributed by atoms with Gasteiger partial charge in [0.05, 0.1) is 25.1 Å². The Hall–Kier alpha value is -2.54. The highest BCUT2D eigenvalue weighted by atomic mass is 16.5. The van der Waals surface area contributed by atoms with E-state index in [2.05, 4.69) is 14.9 Å². The predicted octanol–water partition coefficient (Wildman–Crippen LogP) is 2.35. The Morgan fingerprint density at radius 3 is 2.87 bits per heavy atom. The van der Waals surface area contributed by atoms with E-state index in [1.807, 2.05) is 30.3 Å². The SMILES string of the molecule is COc1ccccc1-c1cc([C@H](N)CCCCOC(N)=O)[nH]n1. The van der Waals surface area contributed by atoms with E-state index >= 15 is 0 Å². The summed E-state index contributed by atoms with van der Waals surface area (Å²) in [6.07, 6.45) is 1.57. The molecule has 7 heteroatoms. The first-order valence-corrected chi connectivity index (χ1v) is 7.48. The molecule has 0 aliphatic rings. The monoisotopic (exact) mass is 318 g/mol. The number of rotatable bonds is 8. The second kappa shape index (κ2) is 8.19. The second-order valence-electron chi connectivity index (χ2n) is 5.18. The quantitative estimate of drug-likeness (QED) is 0.646. The zero-order chi connectivity index (χ0) is 16.7. The number of unbranched alkanes of at least 4 members (excludes halogenated alkanes) is 1. The van der Waals surface area contributed by atoms with Crippen LogP contribution in [-0.4, -0.2) is 30.0 Å². The topological polar surface area (TPSA) is 116 Å². The number of carbonyl (C=O) groups excluding carboxylic acids is 1. The van der Waals surface area contributed by atoms with Crippen LogP contribution in [0.3, 0.4) is 0 Å². The molecule has 0 spiro atoms. The lowest BCUT2D eigenvalue weighted by molar-refractivity contribution is 0.154. The molecule has 1 aromatic heterocycles. The molecule has 7 nitrogen and oxygen atoms in total. The van der Waals surface area contributed by atoms with Crippen molar-refractivity contribution in [2.75, 3.05) is 13.7 Å². The van der Waals surface area contributed by atoms with Crippen LogP contribution >= 0.6 is 0 Å². The lowest BCUT2D eigenvalue weighted by Crippen LogP contribution is -2.14. The van der Waals surface area contributed by atoms with E-state index in [1.54, 1.807) is 7.11 Å². The van der Waals surface area contributed by atoms with Crippen LogP contribution in [0.4, 0.5) is 4.79 Å². The number of nitrogens with zero attached hydrogens (tertiary/aromatic N) is 1. The minimum Gasteiger partial charge on any atom is -0.496 e. The van der Waals surface area contributed by atoms with Crippen molar-refractivity contribution in [3.8, 4) is 17.0 Å². The summed E-state index contributed by atoms with van der Waals surface area (Å²) in [6.45, 7) is 0.317. The van der Waals surface area contributed by atoms with Gasteiger partial charge in [0.2, 0.25) is 0 Å². The molecule has 0 aliphatic heterocycles. The molecule has 0 fully saturated rings. The average molecular weight is 318 g/mol. The molecule has 5 N–H and O–H groups in total. The Bertz CT molecular complexity index is 642. The number of benzene rings is 1.